The molecule has 5 nitrogen and oxygen atoms in total. The molecule has 0 spiro atoms. The molecule has 346 valence electrons. The molecular weight excluding hydrogens is 1020 g/mol. The van der Waals surface area contributed by atoms with E-state index in [0.717, 1.165) is 78.2 Å². The fraction of sp³-hybridized carbons (Fsp3) is 0.300. The molecule has 0 radical (unpaired) electrons. The van der Waals surface area contributed by atoms with Gasteiger partial charge >= 0.3 is 0 Å². The maximum atomic E-state index is 12.6. The summed E-state index contributed by atoms with van der Waals surface area (Å²) in [6.45, 7) is 31.3. The third-order valence-electron chi connectivity index (χ3n) is 13.3. The Bertz CT molecular complexity index is 3190. The van der Waals surface area contributed by atoms with Gasteiger partial charge in [0.25, 0.3) is 8.32 Å². The first-order chi connectivity index (χ1) is 30.9. The maximum absolute atomic E-state index is 12.6. The van der Waals surface area contributed by atoms with Crippen LogP contribution in [0.4, 0.5) is 0 Å². The molecule has 0 bridgehead atoms. The Morgan fingerprint density at radius 2 is 1.18 bits per heavy atom. The molecule has 9 rings (SSSR count). The number of aromatic hydroxyl groups is 1. The summed E-state index contributed by atoms with van der Waals surface area (Å²) in [5, 5.41) is 13.9. The molecule has 0 amide bonds. The van der Waals surface area contributed by atoms with Crippen LogP contribution in [0.5, 0.6) is 11.5 Å². The molecule has 3 heterocycles. The Labute approximate surface area is 414 Å². The van der Waals surface area contributed by atoms with Gasteiger partial charge in [-0.05, 0) is 92.5 Å². The third-order valence-corrected chi connectivity index (χ3v) is 15.8. The second kappa shape index (κ2) is 16.9. The number of fused-ring (bicyclic) bond motifs is 4. The van der Waals surface area contributed by atoms with E-state index in [9.17, 15) is 5.11 Å². The number of imidazole rings is 1. The van der Waals surface area contributed by atoms with Crippen LogP contribution in [0.1, 0.15) is 105 Å². The topological polar surface area (TPSA) is 60.2 Å². The van der Waals surface area contributed by atoms with Crippen molar-refractivity contribution in [1.29, 1.82) is 0 Å². The Kier molecular flexibility index (Phi) is 12.1. The van der Waals surface area contributed by atoms with E-state index in [2.05, 4.69) is 228 Å². The molecule has 6 aromatic carbocycles. The number of phenols is 1. The van der Waals surface area contributed by atoms with E-state index < -0.39 is 8.32 Å². The van der Waals surface area contributed by atoms with Crippen LogP contribution in [0, 0.1) is 6.07 Å². The normalized spacial score (nSPS) is 13.7. The van der Waals surface area contributed by atoms with Gasteiger partial charge in [-0.15, -0.1) is 29.3 Å². The first-order valence-electron chi connectivity index (χ1n) is 23.4. The molecule has 67 heavy (non-hydrogen) atoms. The van der Waals surface area contributed by atoms with Gasteiger partial charge in [-0.3, -0.25) is 9.55 Å². The average molecular weight is 1080 g/mol. The number of hydrogen-bond donors (Lipinski definition) is 1. The van der Waals surface area contributed by atoms with Crippen molar-refractivity contribution in [2.45, 2.75) is 118 Å². The molecule has 8 aromatic rings. The minimum Gasteiger partial charge on any atom is -0.543 e. The summed E-state index contributed by atoms with van der Waals surface area (Å²) < 4.78 is 9.34. The van der Waals surface area contributed by atoms with E-state index in [1.54, 1.807) is 0 Å². The molecule has 2 aromatic heterocycles. The molecule has 0 atom stereocenters. The van der Waals surface area contributed by atoms with E-state index in [-0.39, 0.29) is 48.5 Å². The molecule has 0 saturated carbocycles. The van der Waals surface area contributed by atoms with Crippen LogP contribution in [-0.4, -0.2) is 28.0 Å². The van der Waals surface area contributed by atoms with Crippen molar-refractivity contribution in [2.75, 3.05) is 0 Å². The van der Waals surface area contributed by atoms with Crippen LogP contribution in [-0.2, 0) is 42.7 Å². The van der Waals surface area contributed by atoms with Crippen LogP contribution < -0.4 is 9.61 Å². The Morgan fingerprint density at radius 1 is 0.567 bits per heavy atom. The molecular formula is C60H64N3O2PtSi-. The minimum atomic E-state index is -2.33. The number of rotatable bonds is 5. The van der Waals surface area contributed by atoms with Crippen molar-refractivity contribution in [3.05, 3.63) is 156 Å². The third kappa shape index (κ3) is 8.77. The smallest absolute Gasteiger partial charge is 0.276 e. The monoisotopic (exact) mass is 1080 g/mol. The van der Waals surface area contributed by atoms with Crippen LogP contribution in [0.2, 0.25) is 13.1 Å². The number of para-hydroxylation sites is 1. The molecule has 0 aliphatic carbocycles. The van der Waals surface area contributed by atoms with Gasteiger partial charge in [0.05, 0.1) is 22.3 Å². The Hall–Kier alpha value is -5.55. The molecule has 1 aliphatic rings. The van der Waals surface area contributed by atoms with Gasteiger partial charge in [0.2, 0.25) is 0 Å². The van der Waals surface area contributed by atoms with Crippen LogP contribution >= 0.6 is 0 Å². The first kappa shape index (κ1) is 47.9. The summed E-state index contributed by atoms with van der Waals surface area (Å²) in [6.07, 6.45) is 1.90. The molecule has 0 saturated heterocycles. The van der Waals surface area contributed by atoms with Gasteiger partial charge in [0.15, 0.2) is 0 Å². The van der Waals surface area contributed by atoms with Crippen LogP contribution in [0.3, 0.4) is 0 Å². The SMILES string of the molecule is CC(C)(C)c1cc(-c2nccc3c2O[Si](C)(C)c2ccccc2-3)[c-]c(-c2cccc3c2nc(-c2cc(C(C)(C)C)cc(C(C)(C)C)c2O)n3-c2ccc(C(C)(C)C)cc2-c2ccccc2)c1.[Pt]. The molecule has 0 fully saturated rings. The minimum absolute atomic E-state index is 0. The van der Waals surface area contributed by atoms with Crippen molar-refractivity contribution in [1.82, 2.24) is 14.5 Å². The second-order valence-electron chi connectivity index (χ2n) is 22.9. The Balaban J connectivity index is 0.00000608. The zero-order chi connectivity index (χ0) is 47.3. The van der Waals surface area contributed by atoms with E-state index in [4.69, 9.17) is 14.4 Å². The van der Waals surface area contributed by atoms with Crippen molar-refractivity contribution in [3.63, 3.8) is 0 Å². The molecule has 1 N–H and O–H groups in total. The molecule has 0 unspecified atom stereocenters. The summed E-state index contributed by atoms with van der Waals surface area (Å²) in [7, 11) is -2.33. The van der Waals surface area contributed by atoms with Crippen LogP contribution in [0.15, 0.2) is 128 Å². The number of phenolic OH excluding ortho intramolecular Hbond substituents is 1. The Morgan fingerprint density at radius 3 is 1.85 bits per heavy atom. The fourth-order valence-electron chi connectivity index (χ4n) is 9.38. The summed E-state index contributed by atoms with van der Waals surface area (Å²) >= 11 is 0. The largest absolute Gasteiger partial charge is 0.543 e. The van der Waals surface area contributed by atoms with E-state index in [0.29, 0.717) is 11.4 Å². The zero-order valence-corrected chi connectivity index (χ0v) is 44.9. The van der Waals surface area contributed by atoms with E-state index in [1.807, 2.05) is 6.20 Å². The summed E-state index contributed by atoms with van der Waals surface area (Å²) in [6, 6.07) is 47.4. The summed E-state index contributed by atoms with van der Waals surface area (Å²) in [5.74, 6) is 1.75. The van der Waals surface area contributed by atoms with Gasteiger partial charge < -0.3 is 9.53 Å². The summed E-state index contributed by atoms with van der Waals surface area (Å²) in [4.78, 5) is 10.8. The van der Waals surface area contributed by atoms with Crippen molar-refractivity contribution < 1.29 is 30.6 Å². The number of benzene rings is 6. The van der Waals surface area contributed by atoms with E-state index in [1.165, 1.54) is 16.3 Å². The molecule has 1 aliphatic heterocycles. The maximum Gasteiger partial charge on any atom is 0.276 e. The second-order valence-corrected chi connectivity index (χ2v) is 26.6. The zero-order valence-electron chi connectivity index (χ0n) is 41.6. The molecule has 7 heteroatoms. The van der Waals surface area contributed by atoms with Gasteiger partial charge in [-0.2, -0.15) is 0 Å². The van der Waals surface area contributed by atoms with Crippen molar-refractivity contribution in [3.8, 4) is 73.2 Å². The standard InChI is InChI=1S/C60H64N3O2Si.Pt/c1-57(2,3)40-27-28-49(46(34-40)37-21-16-15-17-22-37)63-50-25-20-24-43(53(50)62-56(63)47-35-42(59(7,8)9)36-48(54(47)64)60(10,11)12)38-31-39(33-41(32-38)58(4,5)6)52-55-45(29-30-61-52)44-23-18-19-26-51(44)66(13,14)65-55;/h15-30,32-36,64H,1-14H3;/q-1;. The van der Waals surface area contributed by atoms with Gasteiger partial charge in [-0.25, -0.2) is 4.98 Å². The van der Waals surface area contributed by atoms with Gasteiger partial charge in [-0.1, -0.05) is 173 Å². The number of hydrogen-bond acceptors (Lipinski definition) is 4. The van der Waals surface area contributed by atoms with E-state index >= 15 is 0 Å². The number of pyridine rings is 1. The number of aromatic nitrogens is 3. The predicted molar refractivity (Wildman–Crippen MR) is 279 cm³/mol. The van der Waals surface area contributed by atoms with Crippen molar-refractivity contribution >= 4 is 24.5 Å². The summed E-state index contributed by atoms with van der Waals surface area (Å²) in [5.41, 5.74) is 15.0. The first-order valence-corrected chi connectivity index (χ1v) is 26.3. The predicted octanol–water partition coefficient (Wildman–Crippen LogP) is 15.3. The quantitative estimate of drug-likeness (QED) is 0.138. The van der Waals surface area contributed by atoms with Crippen LogP contribution in [0.25, 0.3) is 72.7 Å². The van der Waals surface area contributed by atoms with Crippen molar-refractivity contribution in [2.24, 2.45) is 0 Å². The number of nitrogens with zero attached hydrogens (tertiary/aromatic N) is 3. The van der Waals surface area contributed by atoms with Gasteiger partial charge in [0.1, 0.15) is 17.3 Å². The average Bonchev–Trinajstić information content (AvgIpc) is 3.64. The van der Waals surface area contributed by atoms with Gasteiger partial charge in [0, 0.05) is 49.6 Å². The fourth-order valence-corrected chi connectivity index (χ4v) is 11.6.